The van der Waals surface area contributed by atoms with Crippen molar-refractivity contribution in [2.75, 3.05) is 13.7 Å². The molecule has 0 saturated carbocycles. The van der Waals surface area contributed by atoms with Crippen LogP contribution >= 0.6 is 0 Å². The monoisotopic (exact) mass is 305 g/mol. The van der Waals surface area contributed by atoms with Crippen LogP contribution in [0.15, 0.2) is 59.5 Å². The molecule has 0 aliphatic rings. The number of methoxy groups -OCH3 is 1. The fraction of sp³-hybridized carbons (Fsp3) is 0.250. The molecule has 0 aliphatic carbocycles. The van der Waals surface area contributed by atoms with Crippen LogP contribution in [0.2, 0.25) is 0 Å². The molecule has 2 aromatic carbocycles. The van der Waals surface area contributed by atoms with Crippen molar-refractivity contribution in [3.63, 3.8) is 0 Å². The van der Waals surface area contributed by atoms with Crippen LogP contribution in [0.4, 0.5) is 0 Å². The molecule has 0 saturated heterocycles. The molecule has 0 heterocycles. The number of ether oxygens (including phenoxy) is 1. The van der Waals surface area contributed by atoms with Crippen molar-refractivity contribution in [2.45, 2.75) is 17.9 Å². The molecule has 0 aliphatic heterocycles. The Balaban J connectivity index is 2.41. The molecule has 5 heteroatoms. The molecule has 2 rings (SSSR count). The van der Waals surface area contributed by atoms with E-state index in [-0.39, 0.29) is 10.9 Å². The summed E-state index contributed by atoms with van der Waals surface area (Å²) in [6.07, 6.45) is 0. The lowest BCUT2D eigenvalue weighted by atomic mass is 10.1. The average molecular weight is 305 g/mol. The number of benzene rings is 2. The fourth-order valence-electron chi connectivity index (χ4n) is 2.17. The molecule has 0 spiro atoms. The van der Waals surface area contributed by atoms with Gasteiger partial charge >= 0.3 is 0 Å². The lowest BCUT2D eigenvalue weighted by molar-refractivity contribution is 0.180. The molecule has 2 aromatic rings. The summed E-state index contributed by atoms with van der Waals surface area (Å²) in [6, 6.07) is 16.2. The number of sulfonamides is 1. The predicted octanol–water partition coefficient (Wildman–Crippen LogP) is 2.67. The van der Waals surface area contributed by atoms with E-state index >= 15 is 0 Å². The van der Waals surface area contributed by atoms with Crippen LogP contribution in [-0.2, 0) is 14.8 Å². The summed E-state index contributed by atoms with van der Waals surface area (Å²) in [7, 11) is -2.05. The molecular weight excluding hydrogens is 286 g/mol. The van der Waals surface area contributed by atoms with Crippen LogP contribution in [0.3, 0.4) is 0 Å². The van der Waals surface area contributed by atoms with Gasteiger partial charge in [0, 0.05) is 18.7 Å². The number of rotatable bonds is 6. The molecule has 0 fully saturated rings. The van der Waals surface area contributed by atoms with Crippen LogP contribution in [-0.4, -0.2) is 28.2 Å². The van der Waals surface area contributed by atoms with Gasteiger partial charge in [0.2, 0.25) is 10.0 Å². The van der Waals surface area contributed by atoms with Crippen molar-refractivity contribution < 1.29 is 13.2 Å². The second-order valence-corrected chi connectivity index (χ2v) is 6.52. The van der Waals surface area contributed by atoms with Crippen LogP contribution in [0.1, 0.15) is 6.92 Å². The van der Waals surface area contributed by atoms with Crippen molar-refractivity contribution >= 4 is 10.0 Å². The van der Waals surface area contributed by atoms with Crippen molar-refractivity contribution in [1.82, 2.24) is 4.72 Å². The smallest absolute Gasteiger partial charge is 0.241 e. The topological polar surface area (TPSA) is 55.4 Å². The molecule has 0 amide bonds. The van der Waals surface area contributed by atoms with Gasteiger partial charge < -0.3 is 4.74 Å². The molecule has 112 valence electrons. The minimum atomic E-state index is -3.59. The summed E-state index contributed by atoms with van der Waals surface area (Å²) in [5, 5.41) is 0. The molecule has 21 heavy (non-hydrogen) atoms. The molecule has 0 radical (unpaired) electrons. The highest BCUT2D eigenvalue weighted by atomic mass is 32.2. The highest BCUT2D eigenvalue weighted by Crippen LogP contribution is 2.26. The second-order valence-electron chi connectivity index (χ2n) is 4.84. The van der Waals surface area contributed by atoms with E-state index in [1.54, 1.807) is 26.2 Å². The molecule has 0 bridgehead atoms. The summed E-state index contributed by atoms with van der Waals surface area (Å²) < 4.78 is 32.7. The first-order valence-electron chi connectivity index (χ1n) is 6.70. The standard InChI is InChI=1S/C16H19NO3S/c1-13(12-20-2)17-21(18,19)16-11-7-6-10-15(16)14-8-4-3-5-9-14/h3-11,13,17H,12H2,1-2H3/t13-/m0/s1. The highest BCUT2D eigenvalue weighted by Gasteiger charge is 2.21. The summed E-state index contributed by atoms with van der Waals surface area (Å²) in [6.45, 7) is 2.10. The van der Waals surface area contributed by atoms with E-state index in [2.05, 4.69) is 4.72 Å². The van der Waals surface area contributed by atoms with Crippen molar-refractivity contribution in [3.05, 3.63) is 54.6 Å². The zero-order valence-corrected chi connectivity index (χ0v) is 12.9. The van der Waals surface area contributed by atoms with E-state index in [4.69, 9.17) is 4.74 Å². The Labute approximate surface area is 125 Å². The van der Waals surface area contributed by atoms with E-state index in [1.807, 2.05) is 42.5 Å². The molecular formula is C16H19NO3S. The minimum Gasteiger partial charge on any atom is -0.383 e. The van der Waals surface area contributed by atoms with Crippen LogP contribution in [0.5, 0.6) is 0 Å². The average Bonchev–Trinajstić information content (AvgIpc) is 2.48. The normalized spacial score (nSPS) is 13.0. The van der Waals surface area contributed by atoms with Gasteiger partial charge in [0.25, 0.3) is 0 Å². The van der Waals surface area contributed by atoms with E-state index in [9.17, 15) is 8.42 Å². The first-order valence-corrected chi connectivity index (χ1v) is 8.18. The highest BCUT2D eigenvalue weighted by molar-refractivity contribution is 7.89. The van der Waals surface area contributed by atoms with Gasteiger partial charge in [0.1, 0.15) is 0 Å². The Morgan fingerprint density at radius 3 is 2.33 bits per heavy atom. The van der Waals surface area contributed by atoms with Crippen molar-refractivity contribution in [2.24, 2.45) is 0 Å². The van der Waals surface area contributed by atoms with Gasteiger partial charge in [0.05, 0.1) is 11.5 Å². The third kappa shape index (κ3) is 3.91. The Bertz CT molecular complexity index is 684. The molecule has 0 aromatic heterocycles. The lowest BCUT2D eigenvalue weighted by Crippen LogP contribution is -2.35. The van der Waals surface area contributed by atoms with E-state index in [0.29, 0.717) is 12.2 Å². The molecule has 1 N–H and O–H groups in total. The van der Waals surface area contributed by atoms with Crippen LogP contribution < -0.4 is 4.72 Å². The molecule has 0 unspecified atom stereocenters. The lowest BCUT2D eigenvalue weighted by Gasteiger charge is -2.15. The van der Waals surface area contributed by atoms with Crippen LogP contribution in [0, 0.1) is 0 Å². The van der Waals surface area contributed by atoms with Gasteiger partial charge in [-0.1, -0.05) is 48.5 Å². The third-order valence-corrected chi connectivity index (χ3v) is 4.68. The maximum absolute atomic E-state index is 12.5. The van der Waals surface area contributed by atoms with Crippen LogP contribution in [0.25, 0.3) is 11.1 Å². The van der Waals surface area contributed by atoms with Gasteiger partial charge in [-0.25, -0.2) is 13.1 Å². The maximum atomic E-state index is 12.5. The van der Waals surface area contributed by atoms with Gasteiger partial charge in [0.15, 0.2) is 0 Å². The summed E-state index contributed by atoms with van der Waals surface area (Å²) in [5.41, 5.74) is 1.56. The third-order valence-electron chi connectivity index (χ3n) is 3.03. The summed E-state index contributed by atoms with van der Waals surface area (Å²) in [5.74, 6) is 0. The van der Waals surface area contributed by atoms with Crippen molar-refractivity contribution in [3.8, 4) is 11.1 Å². The quantitative estimate of drug-likeness (QED) is 0.892. The van der Waals surface area contributed by atoms with Gasteiger partial charge in [-0.05, 0) is 18.6 Å². The van der Waals surface area contributed by atoms with E-state index in [1.165, 1.54) is 0 Å². The Kier molecular flexibility index (Phi) is 5.12. The number of nitrogens with one attached hydrogen (secondary N) is 1. The van der Waals surface area contributed by atoms with Crippen molar-refractivity contribution in [1.29, 1.82) is 0 Å². The minimum absolute atomic E-state index is 0.277. The maximum Gasteiger partial charge on any atom is 0.241 e. The number of hydrogen-bond donors (Lipinski definition) is 1. The SMILES string of the molecule is COC[C@H](C)NS(=O)(=O)c1ccccc1-c1ccccc1. The van der Waals surface area contributed by atoms with Gasteiger partial charge in [-0.2, -0.15) is 0 Å². The Morgan fingerprint density at radius 1 is 1.05 bits per heavy atom. The van der Waals surface area contributed by atoms with Gasteiger partial charge in [-0.3, -0.25) is 0 Å². The van der Waals surface area contributed by atoms with Gasteiger partial charge in [-0.15, -0.1) is 0 Å². The fourth-order valence-corrected chi connectivity index (χ4v) is 3.63. The zero-order chi connectivity index (χ0) is 15.3. The Morgan fingerprint density at radius 2 is 1.67 bits per heavy atom. The number of hydrogen-bond acceptors (Lipinski definition) is 3. The molecule has 1 atom stereocenters. The van der Waals surface area contributed by atoms with E-state index in [0.717, 1.165) is 5.56 Å². The van der Waals surface area contributed by atoms with E-state index < -0.39 is 10.0 Å². The second kappa shape index (κ2) is 6.85. The summed E-state index contributed by atoms with van der Waals surface area (Å²) in [4.78, 5) is 0.277. The summed E-state index contributed by atoms with van der Waals surface area (Å²) >= 11 is 0. The predicted molar refractivity (Wildman–Crippen MR) is 83.5 cm³/mol. The zero-order valence-electron chi connectivity index (χ0n) is 12.1. The molecule has 4 nitrogen and oxygen atoms in total. The Hall–Kier alpha value is -1.69. The first kappa shape index (κ1) is 15.7. The first-order chi connectivity index (χ1) is 10.0. The largest absolute Gasteiger partial charge is 0.383 e.